The van der Waals surface area contributed by atoms with Crippen LogP contribution in [0.5, 0.6) is 0 Å². The smallest absolute Gasteiger partial charge is 0.408 e. The molecule has 0 N–H and O–H groups in total. The molecular weight excluding hydrogens is 198 g/mol. The first-order valence-corrected chi connectivity index (χ1v) is 4.89. The van der Waals surface area contributed by atoms with Gasteiger partial charge in [-0.05, 0) is 24.6 Å². The molecule has 0 fully saturated rings. The summed E-state index contributed by atoms with van der Waals surface area (Å²) in [7, 11) is 1.69. The van der Waals surface area contributed by atoms with E-state index >= 15 is 0 Å². The summed E-state index contributed by atoms with van der Waals surface area (Å²) < 4.78 is 6.55. The quantitative estimate of drug-likeness (QED) is 0.730. The Kier molecular flexibility index (Phi) is 2.15. The lowest BCUT2D eigenvalue weighted by Gasteiger charge is -2.02. The maximum absolute atomic E-state index is 11.2. The molecule has 1 aromatic heterocycles. The third-order valence-corrected chi connectivity index (χ3v) is 2.60. The fourth-order valence-corrected chi connectivity index (χ4v) is 1.57. The van der Waals surface area contributed by atoms with Gasteiger partial charge in [0.05, 0.1) is 5.52 Å². The van der Waals surface area contributed by atoms with Crippen LogP contribution in [0.4, 0.5) is 0 Å². The molecule has 0 spiro atoms. The predicted octanol–water partition coefficient (Wildman–Crippen LogP) is 2.12. The van der Waals surface area contributed by atoms with Gasteiger partial charge in [-0.15, -0.1) is 0 Å². The van der Waals surface area contributed by atoms with Gasteiger partial charge in [-0.3, -0.25) is 4.57 Å². The lowest BCUT2D eigenvalue weighted by atomic mass is 10.1. The number of aryl methyl sites for hydroxylation is 1. The summed E-state index contributed by atoms with van der Waals surface area (Å²) >= 11 is 4.32. The fourth-order valence-electron chi connectivity index (χ4n) is 1.41. The van der Waals surface area contributed by atoms with Crippen LogP contribution in [-0.2, 0) is 7.05 Å². The first kappa shape index (κ1) is 9.40. The van der Waals surface area contributed by atoms with Crippen LogP contribution < -0.4 is 5.76 Å². The number of rotatable bonds is 1. The normalized spacial score (nSPS) is 13.4. The van der Waals surface area contributed by atoms with Crippen LogP contribution in [0.1, 0.15) is 17.7 Å². The van der Waals surface area contributed by atoms with Crippen molar-refractivity contribution >= 4 is 23.7 Å². The molecule has 3 nitrogen and oxygen atoms in total. The van der Waals surface area contributed by atoms with Gasteiger partial charge in [-0.2, -0.15) is 12.6 Å². The molecule has 0 aliphatic heterocycles. The summed E-state index contributed by atoms with van der Waals surface area (Å²) in [5.74, 6) is -0.330. The van der Waals surface area contributed by atoms with E-state index in [9.17, 15) is 4.79 Å². The molecule has 0 amide bonds. The number of benzene rings is 1. The second-order valence-electron chi connectivity index (χ2n) is 3.33. The Balaban J connectivity index is 2.73. The van der Waals surface area contributed by atoms with E-state index in [4.69, 9.17) is 4.42 Å². The molecule has 1 aromatic carbocycles. The standard InChI is InChI=1S/C10H11NO2S/c1-6(14)7-3-4-8-9(5-7)13-10(12)11(8)2/h3-6,14H,1-2H3. The number of nitrogens with zero attached hydrogens (tertiary/aromatic N) is 1. The Bertz CT molecular complexity index is 524. The maximum Gasteiger partial charge on any atom is 0.419 e. The van der Waals surface area contributed by atoms with Crippen molar-refractivity contribution in [2.24, 2.45) is 7.05 Å². The highest BCUT2D eigenvalue weighted by Crippen LogP contribution is 2.22. The minimum absolute atomic E-state index is 0.143. The zero-order valence-corrected chi connectivity index (χ0v) is 8.91. The topological polar surface area (TPSA) is 35.1 Å². The summed E-state index contributed by atoms with van der Waals surface area (Å²) in [4.78, 5) is 11.2. The number of thiol groups is 1. The maximum atomic E-state index is 11.2. The van der Waals surface area contributed by atoms with Crippen LogP contribution in [0.2, 0.25) is 0 Å². The molecule has 0 saturated carbocycles. The van der Waals surface area contributed by atoms with E-state index in [2.05, 4.69) is 12.6 Å². The van der Waals surface area contributed by atoms with E-state index < -0.39 is 0 Å². The molecule has 1 unspecified atom stereocenters. The van der Waals surface area contributed by atoms with Crippen molar-refractivity contribution < 1.29 is 4.42 Å². The van der Waals surface area contributed by atoms with Crippen molar-refractivity contribution in [3.63, 3.8) is 0 Å². The van der Waals surface area contributed by atoms with Crippen LogP contribution in [0.25, 0.3) is 11.1 Å². The Morgan fingerprint density at radius 3 is 2.86 bits per heavy atom. The van der Waals surface area contributed by atoms with E-state index in [1.54, 1.807) is 7.05 Å². The molecule has 0 aliphatic carbocycles. The van der Waals surface area contributed by atoms with Crippen LogP contribution in [0.3, 0.4) is 0 Å². The lowest BCUT2D eigenvalue weighted by molar-refractivity contribution is 0.528. The van der Waals surface area contributed by atoms with Gasteiger partial charge in [0.1, 0.15) is 0 Å². The molecule has 0 radical (unpaired) electrons. The fraction of sp³-hybridized carbons (Fsp3) is 0.300. The molecule has 0 bridgehead atoms. The van der Waals surface area contributed by atoms with Gasteiger partial charge in [-0.25, -0.2) is 4.79 Å². The Morgan fingerprint density at radius 1 is 1.50 bits per heavy atom. The average molecular weight is 209 g/mol. The number of oxazole rings is 1. The molecule has 1 atom stereocenters. The van der Waals surface area contributed by atoms with Crippen LogP contribution >= 0.6 is 12.6 Å². The minimum atomic E-state index is -0.330. The first-order chi connectivity index (χ1) is 6.59. The van der Waals surface area contributed by atoms with Gasteiger partial charge in [0, 0.05) is 12.3 Å². The third kappa shape index (κ3) is 1.35. The van der Waals surface area contributed by atoms with Gasteiger partial charge in [0.2, 0.25) is 0 Å². The van der Waals surface area contributed by atoms with Crippen molar-refractivity contribution in [1.82, 2.24) is 4.57 Å². The summed E-state index contributed by atoms with van der Waals surface area (Å²) in [6.45, 7) is 1.98. The highest BCUT2D eigenvalue weighted by atomic mass is 32.1. The summed E-state index contributed by atoms with van der Waals surface area (Å²) in [6.07, 6.45) is 0. The number of hydrogen-bond donors (Lipinski definition) is 1. The Morgan fingerprint density at radius 2 is 2.21 bits per heavy atom. The highest BCUT2D eigenvalue weighted by molar-refractivity contribution is 7.80. The zero-order valence-electron chi connectivity index (χ0n) is 8.02. The van der Waals surface area contributed by atoms with Gasteiger partial charge in [0.25, 0.3) is 0 Å². The predicted molar refractivity (Wildman–Crippen MR) is 58.9 cm³/mol. The molecule has 2 rings (SSSR count). The van der Waals surface area contributed by atoms with Crippen molar-refractivity contribution in [1.29, 1.82) is 0 Å². The molecule has 4 heteroatoms. The average Bonchev–Trinajstić information content (AvgIpc) is 2.42. The lowest BCUT2D eigenvalue weighted by Crippen LogP contribution is -2.08. The second kappa shape index (κ2) is 3.20. The third-order valence-electron chi connectivity index (χ3n) is 2.30. The number of hydrogen-bond acceptors (Lipinski definition) is 3. The SMILES string of the molecule is CC(S)c1ccc2c(c1)oc(=O)n2C. The monoisotopic (exact) mass is 209 g/mol. The van der Waals surface area contributed by atoms with Crippen molar-refractivity contribution in [2.45, 2.75) is 12.2 Å². The van der Waals surface area contributed by atoms with Gasteiger partial charge < -0.3 is 4.42 Å². The van der Waals surface area contributed by atoms with Crippen molar-refractivity contribution in [3.8, 4) is 0 Å². The molecule has 14 heavy (non-hydrogen) atoms. The Hall–Kier alpha value is -1.16. The summed E-state index contributed by atoms with van der Waals surface area (Å²) in [5.41, 5.74) is 2.49. The molecule has 0 saturated heterocycles. The van der Waals surface area contributed by atoms with E-state index in [-0.39, 0.29) is 11.0 Å². The Labute approximate surface area is 86.7 Å². The number of aromatic nitrogens is 1. The summed E-state index contributed by atoms with van der Waals surface area (Å²) in [5, 5.41) is 0.143. The van der Waals surface area contributed by atoms with E-state index in [1.165, 1.54) is 4.57 Å². The largest absolute Gasteiger partial charge is 0.419 e. The van der Waals surface area contributed by atoms with Gasteiger partial charge >= 0.3 is 5.76 Å². The van der Waals surface area contributed by atoms with E-state index in [0.717, 1.165) is 11.1 Å². The van der Waals surface area contributed by atoms with E-state index in [0.29, 0.717) is 5.58 Å². The van der Waals surface area contributed by atoms with Crippen LogP contribution in [-0.4, -0.2) is 4.57 Å². The van der Waals surface area contributed by atoms with Gasteiger partial charge in [-0.1, -0.05) is 6.07 Å². The minimum Gasteiger partial charge on any atom is -0.408 e. The van der Waals surface area contributed by atoms with Crippen molar-refractivity contribution in [2.75, 3.05) is 0 Å². The highest BCUT2D eigenvalue weighted by Gasteiger charge is 2.07. The summed E-state index contributed by atoms with van der Waals surface area (Å²) in [6, 6.07) is 5.69. The van der Waals surface area contributed by atoms with Crippen LogP contribution in [0, 0.1) is 0 Å². The second-order valence-corrected chi connectivity index (χ2v) is 4.10. The molecule has 2 aromatic rings. The van der Waals surface area contributed by atoms with E-state index in [1.807, 2.05) is 25.1 Å². The number of fused-ring (bicyclic) bond motifs is 1. The first-order valence-electron chi connectivity index (χ1n) is 4.37. The molecule has 0 aliphatic rings. The molecule has 1 heterocycles. The van der Waals surface area contributed by atoms with Crippen molar-refractivity contribution in [3.05, 3.63) is 34.3 Å². The zero-order chi connectivity index (χ0) is 10.3. The molecule has 74 valence electrons. The molecular formula is C10H11NO2S. The van der Waals surface area contributed by atoms with Gasteiger partial charge in [0.15, 0.2) is 5.58 Å². The van der Waals surface area contributed by atoms with Crippen LogP contribution in [0.15, 0.2) is 27.4 Å².